The lowest BCUT2D eigenvalue weighted by atomic mass is 10.1. The van der Waals surface area contributed by atoms with Crippen LogP contribution in [0.4, 0.5) is 5.69 Å². The van der Waals surface area contributed by atoms with E-state index in [-0.39, 0.29) is 11.5 Å². The molecule has 1 aliphatic heterocycles. The minimum Gasteiger partial charge on any atom is -0.464 e. The van der Waals surface area contributed by atoms with Gasteiger partial charge in [-0.2, -0.15) is 5.10 Å². The molecule has 116 valence electrons. The SMILES string of the molecule is CCC[C@@H](C(=O)OCC)n1ncc(N2CCCC2)cc1=O. The molecule has 6 nitrogen and oxygen atoms in total. The van der Waals surface area contributed by atoms with Crippen molar-refractivity contribution in [3.05, 3.63) is 22.6 Å². The van der Waals surface area contributed by atoms with Gasteiger partial charge in [0.2, 0.25) is 0 Å². The molecule has 0 saturated carbocycles. The minimum atomic E-state index is -0.630. The van der Waals surface area contributed by atoms with E-state index in [1.165, 1.54) is 4.68 Å². The molecule has 0 amide bonds. The molecule has 2 rings (SSSR count). The number of carbonyl (C=O) groups excluding carboxylic acids is 1. The highest BCUT2D eigenvalue weighted by atomic mass is 16.5. The Bertz CT molecular complexity index is 535. The highest BCUT2D eigenvalue weighted by molar-refractivity contribution is 5.74. The Labute approximate surface area is 124 Å². The van der Waals surface area contributed by atoms with E-state index in [1.807, 2.05) is 6.92 Å². The molecule has 0 aliphatic carbocycles. The monoisotopic (exact) mass is 293 g/mol. The largest absolute Gasteiger partial charge is 0.464 e. The lowest BCUT2D eigenvalue weighted by molar-refractivity contribution is -0.147. The van der Waals surface area contributed by atoms with E-state index in [9.17, 15) is 9.59 Å². The molecule has 1 aromatic heterocycles. The first kappa shape index (κ1) is 15.5. The summed E-state index contributed by atoms with van der Waals surface area (Å²) in [4.78, 5) is 26.4. The predicted octanol–water partition coefficient (Wildman–Crippen LogP) is 1.75. The smallest absolute Gasteiger partial charge is 0.331 e. The number of nitrogens with zero attached hydrogens (tertiary/aromatic N) is 3. The molecule has 0 radical (unpaired) electrons. The Morgan fingerprint density at radius 1 is 1.38 bits per heavy atom. The molecule has 1 saturated heterocycles. The molecule has 2 heterocycles. The fourth-order valence-electron chi connectivity index (χ4n) is 2.64. The van der Waals surface area contributed by atoms with Gasteiger partial charge in [-0.25, -0.2) is 9.48 Å². The Balaban J connectivity index is 2.24. The summed E-state index contributed by atoms with van der Waals surface area (Å²) in [6, 6.07) is 0.940. The molecule has 0 spiro atoms. The molecule has 1 atom stereocenters. The number of carbonyl (C=O) groups is 1. The van der Waals surface area contributed by atoms with Crippen LogP contribution in [0.15, 0.2) is 17.1 Å². The molecular formula is C15H23N3O3. The fourth-order valence-corrected chi connectivity index (χ4v) is 2.64. The summed E-state index contributed by atoms with van der Waals surface area (Å²) >= 11 is 0. The van der Waals surface area contributed by atoms with Crippen LogP contribution in [0.2, 0.25) is 0 Å². The summed E-state index contributed by atoms with van der Waals surface area (Å²) < 4.78 is 6.30. The second-order valence-corrected chi connectivity index (χ2v) is 5.25. The van der Waals surface area contributed by atoms with E-state index in [0.29, 0.717) is 13.0 Å². The van der Waals surface area contributed by atoms with Crippen molar-refractivity contribution in [2.24, 2.45) is 0 Å². The van der Waals surface area contributed by atoms with E-state index in [0.717, 1.165) is 38.0 Å². The predicted molar refractivity (Wildman–Crippen MR) is 80.5 cm³/mol. The van der Waals surface area contributed by atoms with Crippen LogP contribution in [0.25, 0.3) is 0 Å². The molecule has 1 fully saturated rings. The van der Waals surface area contributed by atoms with E-state index in [1.54, 1.807) is 19.2 Å². The lowest BCUT2D eigenvalue weighted by Crippen LogP contribution is -2.33. The Kier molecular flexibility index (Phi) is 5.36. The van der Waals surface area contributed by atoms with E-state index in [4.69, 9.17) is 4.74 Å². The van der Waals surface area contributed by atoms with Crippen molar-refractivity contribution < 1.29 is 9.53 Å². The molecule has 1 aromatic rings. The van der Waals surface area contributed by atoms with Gasteiger partial charge < -0.3 is 9.64 Å². The number of anilines is 1. The summed E-state index contributed by atoms with van der Waals surface area (Å²) in [6.07, 6.45) is 5.30. The first-order chi connectivity index (χ1) is 10.2. The van der Waals surface area contributed by atoms with Crippen molar-refractivity contribution in [3.63, 3.8) is 0 Å². The van der Waals surface area contributed by atoms with E-state index in [2.05, 4.69) is 10.00 Å². The van der Waals surface area contributed by atoms with Gasteiger partial charge in [-0.05, 0) is 26.2 Å². The molecule has 6 heteroatoms. The van der Waals surface area contributed by atoms with Crippen LogP contribution < -0.4 is 10.5 Å². The van der Waals surface area contributed by atoms with Gasteiger partial charge >= 0.3 is 5.97 Å². The third-order valence-electron chi connectivity index (χ3n) is 3.70. The number of esters is 1. The summed E-state index contributed by atoms with van der Waals surface area (Å²) in [5.74, 6) is -0.386. The molecule has 0 aromatic carbocycles. The number of ether oxygens (including phenoxy) is 1. The van der Waals surface area contributed by atoms with Crippen LogP contribution >= 0.6 is 0 Å². The first-order valence-electron chi connectivity index (χ1n) is 7.67. The zero-order valence-corrected chi connectivity index (χ0v) is 12.7. The summed E-state index contributed by atoms with van der Waals surface area (Å²) in [5.41, 5.74) is 0.596. The molecule has 0 unspecified atom stereocenters. The minimum absolute atomic E-state index is 0.245. The van der Waals surface area contributed by atoms with Crippen molar-refractivity contribution in [2.75, 3.05) is 24.6 Å². The van der Waals surface area contributed by atoms with Crippen molar-refractivity contribution in [3.8, 4) is 0 Å². The van der Waals surface area contributed by atoms with Crippen LogP contribution in [-0.4, -0.2) is 35.4 Å². The van der Waals surface area contributed by atoms with Gasteiger partial charge in [0.25, 0.3) is 5.56 Å². The standard InChI is InChI=1S/C15H23N3O3/c1-3-7-13(15(20)21-4-2)18-14(19)10-12(11-16-18)17-8-5-6-9-17/h10-11,13H,3-9H2,1-2H3/t13-/m0/s1. The van der Waals surface area contributed by atoms with Gasteiger partial charge in [-0.3, -0.25) is 4.79 Å². The Morgan fingerprint density at radius 3 is 2.67 bits per heavy atom. The lowest BCUT2D eigenvalue weighted by Gasteiger charge is -2.20. The van der Waals surface area contributed by atoms with Crippen LogP contribution in [-0.2, 0) is 9.53 Å². The van der Waals surface area contributed by atoms with E-state index < -0.39 is 6.04 Å². The number of rotatable bonds is 6. The second kappa shape index (κ2) is 7.24. The number of aromatic nitrogens is 2. The van der Waals surface area contributed by atoms with Gasteiger partial charge in [0.1, 0.15) is 0 Å². The summed E-state index contributed by atoms with van der Waals surface area (Å²) in [6.45, 7) is 5.95. The maximum absolute atomic E-state index is 12.3. The molecule has 0 bridgehead atoms. The average molecular weight is 293 g/mol. The average Bonchev–Trinajstić information content (AvgIpc) is 2.99. The first-order valence-corrected chi connectivity index (χ1v) is 7.67. The van der Waals surface area contributed by atoms with Crippen LogP contribution in [0, 0.1) is 0 Å². The quantitative estimate of drug-likeness (QED) is 0.748. The highest BCUT2D eigenvalue weighted by Crippen LogP contribution is 2.18. The number of hydrogen-bond donors (Lipinski definition) is 0. The molecule has 0 N–H and O–H groups in total. The Morgan fingerprint density at radius 2 is 2.10 bits per heavy atom. The normalized spacial score (nSPS) is 16.0. The number of hydrogen-bond acceptors (Lipinski definition) is 5. The fraction of sp³-hybridized carbons (Fsp3) is 0.667. The zero-order chi connectivity index (χ0) is 15.2. The molecule has 21 heavy (non-hydrogen) atoms. The van der Waals surface area contributed by atoms with Crippen molar-refractivity contribution >= 4 is 11.7 Å². The van der Waals surface area contributed by atoms with Crippen molar-refractivity contribution in [1.82, 2.24) is 9.78 Å². The van der Waals surface area contributed by atoms with E-state index >= 15 is 0 Å². The molecular weight excluding hydrogens is 270 g/mol. The third-order valence-corrected chi connectivity index (χ3v) is 3.70. The van der Waals surface area contributed by atoms with Gasteiger partial charge in [0, 0.05) is 19.2 Å². The second-order valence-electron chi connectivity index (χ2n) is 5.25. The topological polar surface area (TPSA) is 64.4 Å². The third kappa shape index (κ3) is 3.62. The maximum Gasteiger partial charge on any atom is 0.331 e. The van der Waals surface area contributed by atoms with Crippen molar-refractivity contribution in [2.45, 2.75) is 45.6 Å². The van der Waals surface area contributed by atoms with Gasteiger partial charge in [0.05, 0.1) is 18.5 Å². The van der Waals surface area contributed by atoms with Gasteiger partial charge in [-0.1, -0.05) is 13.3 Å². The van der Waals surface area contributed by atoms with Gasteiger partial charge in [-0.15, -0.1) is 0 Å². The maximum atomic E-state index is 12.3. The van der Waals surface area contributed by atoms with Crippen molar-refractivity contribution in [1.29, 1.82) is 0 Å². The summed E-state index contributed by atoms with van der Waals surface area (Å²) in [7, 11) is 0. The van der Waals surface area contributed by atoms with Crippen LogP contribution in [0.1, 0.15) is 45.6 Å². The van der Waals surface area contributed by atoms with Crippen LogP contribution in [0.3, 0.4) is 0 Å². The highest BCUT2D eigenvalue weighted by Gasteiger charge is 2.24. The van der Waals surface area contributed by atoms with Crippen LogP contribution in [0.5, 0.6) is 0 Å². The molecule has 1 aliphatic rings. The zero-order valence-electron chi connectivity index (χ0n) is 12.7. The van der Waals surface area contributed by atoms with Gasteiger partial charge in [0.15, 0.2) is 6.04 Å². The Hall–Kier alpha value is -1.85. The summed E-state index contributed by atoms with van der Waals surface area (Å²) in [5, 5.41) is 4.21.